The number of nitrogens with two attached hydrogens (primary N) is 1. The Hall–Kier alpha value is -2.78. The van der Waals surface area contributed by atoms with Gasteiger partial charge < -0.3 is 11.1 Å². The first-order chi connectivity index (χ1) is 9.51. The molecule has 0 aromatic heterocycles. The van der Waals surface area contributed by atoms with E-state index in [2.05, 4.69) is 5.32 Å². The summed E-state index contributed by atoms with van der Waals surface area (Å²) in [7, 11) is 0. The molecule has 3 N–H and O–H groups in total. The maximum Gasteiger partial charge on any atom is 0.293 e. The second-order valence-electron chi connectivity index (χ2n) is 3.97. The molecule has 0 saturated heterocycles. The van der Waals surface area contributed by atoms with Gasteiger partial charge >= 0.3 is 0 Å². The molecule has 0 aliphatic heterocycles. The Morgan fingerprint density at radius 3 is 2.65 bits per heavy atom. The van der Waals surface area contributed by atoms with Gasteiger partial charge in [0.25, 0.3) is 5.69 Å². The number of anilines is 3. The van der Waals surface area contributed by atoms with E-state index in [4.69, 9.17) is 22.6 Å². The zero-order valence-electron chi connectivity index (χ0n) is 10.1. The second-order valence-corrected chi connectivity index (χ2v) is 4.37. The van der Waals surface area contributed by atoms with Gasteiger partial charge in [0.1, 0.15) is 5.69 Å². The van der Waals surface area contributed by atoms with Gasteiger partial charge in [-0.25, -0.2) is 0 Å². The zero-order valence-corrected chi connectivity index (χ0v) is 10.9. The monoisotopic (exact) mass is 288 g/mol. The van der Waals surface area contributed by atoms with Crippen molar-refractivity contribution in [1.82, 2.24) is 0 Å². The van der Waals surface area contributed by atoms with Crippen LogP contribution in [0, 0.1) is 21.4 Å². The van der Waals surface area contributed by atoms with Crippen molar-refractivity contribution in [3.63, 3.8) is 0 Å². The fraction of sp³-hybridized carbons (Fsp3) is 0. The third kappa shape index (κ3) is 2.79. The minimum absolute atomic E-state index is 0.206. The van der Waals surface area contributed by atoms with Gasteiger partial charge in [-0.15, -0.1) is 0 Å². The van der Waals surface area contributed by atoms with Crippen LogP contribution in [-0.4, -0.2) is 4.92 Å². The number of nitro groups is 1. The summed E-state index contributed by atoms with van der Waals surface area (Å²) in [5.41, 5.74) is 6.83. The van der Waals surface area contributed by atoms with Gasteiger partial charge in [0.15, 0.2) is 0 Å². The van der Waals surface area contributed by atoms with Crippen LogP contribution in [-0.2, 0) is 0 Å². The summed E-state index contributed by atoms with van der Waals surface area (Å²) in [6.07, 6.45) is 0. The van der Waals surface area contributed by atoms with Crippen LogP contribution in [0.25, 0.3) is 0 Å². The van der Waals surface area contributed by atoms with Crippen LogP contribution in [0.5, 0.6) is 0 Å². The first-order valence-electron chi connectivity index (χ1n) is 5.52. The van der Waals surface area contributed by atoms with Crippen LogP contribution in [0.4, 0.5) is 22.7 Å². The average molecular weight is 289 g/mol. The quantitative estimate of drug-likeness (QED) is 0.511. The summed E-state index contributed by atoms with van der Waals surface area (Å²) in [5, 5.41) is 23.0. The van der Waals surface area contributed by atoms with Gasteiger partial charge in [-0.1, -0.05) is 11.6 Å². The van der Waals surface area contributed by atoms with E-state index in [0.29, 0.717) is 16.4 Å². The number of nitrogens with zero attached hydrogens (tertiary/aromatic N) is 2. The summed E-state index contributed by atoms with van der Waals surface area (Å²) >= 11 is 6.00. The molecule has 0 radical (unpaired) electrons. The Bertz CT molecular complexity index is 725. The van der Waals surface area contributed by atoms with Crippen molar-refractivity contribution >= 4 is 34.4 Å². The van der Waals surface area contributed by atoms with E-state index in [1.807, 2.05) is 6.07 Å². The number of nitriles is 1. The van der Waals surface area contributed by atoms with Crippen molar-refractivity contribution in [3.05, 3.63) is 57.1 Å². The summed E-state index contributed by atoms with van der Waals surface area (Å²) in [6, 6.07) is 10.8. The van der Waals surface area contributed by atoms with Crippen molar-refractivity contribution in [2.45, 2.75) is 0 Å². The van der Waals surface area contributed by atoms with E-state index in [-0.39, 0.29) is 16.9 Å². The minimum Gasteiger partial charge on any atom is -0.399 e. The number of hydrogen-bond acceptors (Lipinski definition) is 5. The number of nitrogens with one attached hydrogen (secondary N) is 1. The molecule has 6 nitrogen and oxygen atoms in total. The highest BCUT2D eigenvalue weighted by molar-refractivity contribution is 6.33. The van der Waals surface area contributed by atoms with Gasteiger partial charge in [-0.2, -0.15) is 5.26 Å². The molecular formula is C13H9ClN4O2. The van der Waals surface area contributed by atoms with Crippen LogP contribution in [0.3, 0.4) is 0 Å². The summed E-state index contributed by atoms with van der Waals surface area (Å²) in [4.78, 5) is 10.5. The summed E-state index contributed by atoms with van der Waals surface area (Å²) in [6.45, 7) is 0. The van der Waals surface area contributed by atoms with Crippen LogP contribution in [0.1, 0.15) is 5.56 Å². The predicted octanol–water partition coefficient (Wildman–Crippen LogP) is 3.45. The largest absolute Gasteiger partial charge is 0.399 e. The van der Waals surface area contributed by atoms with Crippen LogP contribution >= 0.6 is 11.6 Å². The normalized spacial score (nSPS) is 9.80. The number of nitrogen functional groups attached to an aromatic ring is 1. The fourth-order valence-electron chi connectivity index (χ4n) is 1.64. The Kier molecular flexibility index (Phi) is 3.73. The molecule has 0 fully saturated rings. The van der Waals surface area contributed by atoms with E-state index in [1.54, 1.807) is 18.2 Å². The lowest BCUT2D eigenvalue weighted by molar-refractivity contribution is -0.383. The Labute approximate surface area is 119 Å². The van der Waals surface area contributed by atoms with Gasteiger partial charge in [-0.3, -0.25) is 10.1 Å². The molecule has 0 aliphatic carbocycles. The molecule has 0 unspecified atom stereocenters. The van der Waals surface area contributed by atoms with Gasteiger partial charge in [0, 0.05) is 11.8 Å². The molecule has 0 aliphatic rings. The van der Waals surface area contributed by atoms with Crippen LogP contribution < -0.4 is 11.1 Å². The van der Waals surface area contributed by atoms with E-state index in [1.165, 1.54) is 18.2 Å². The molecule has 0 saturated carbocycles. The van der Waals surface area contributed by atoms with E-state index >= 15 is 0 Å². The molecule has 20 heavy (non-hydrogen) atoms. The second kappa shape index (κ2) is 5.47. The molecule has 0 spiro atoms. The lowest BCUT2D eigenvalue weighted by Crippen LogP contribution is -1.99. The first kappa shape index (κ1) is 13.6. The number of hydrogen-bond donors (Lipinski definition) is 2. The standard InChI is InChI=1S/C13H9ClN4O2/c14-10-3-2-9(16)6-12(10)17-11-4-1-8(7-15)5-13(11)18(19)20/h1-6,17H,16H2. The van der Waals surface area contributed by atoms with Gasteiger partial charge in [-0.05, 0) is 30.3 Å². The summed E-state index contributed by atoms with van der Waals surface area (Å²) in [5.74, 6) is 0. The van der Waals surface area contributed by atoms with Crippen molar-refractivity contribution in [2.75, 3.05) is 11.1 Å². The topological polar surface area (TPSA) is 105 Å². The van der Waals surface area contributed by atoms with E-state index < -0.39 is 4.92 Å². The average Bonchev–Trinajstić information content (AvgIpc) is 2.43. The molecule has 0 heterocycles. The lowest BCUT2D eigenvalue weighted by Gasteiger charge is -2.09. The van der Waals surface area contributed by atoms with Crippen molar-refractivity contribution in [3.8, 4) is 6.07 Å². The highest BCUT2D eigenvalue weighted by Crippen LogP contribution is 2.32. The lowest BCUT2D eigenvalue weighted by atomic mass is 10.1. The predicted molar refractivity (Wildman–Crippen MR) is 77.0 cm³/mol. The first-order valence-corrected chi connectivity index (χ1v) is 5.89. The van der Waals surface area contributed by atoms with Crippen LogP contribution in [0.15, 0.2) is 36.4 Å². The summed E-state index contributed by atoms with van der Waals surface area (Å²) < 4.78 is 0. The highest BCUT2D eigenvalue weighted by atomic mass is 35.5. The number of benzene rings is 2. The van der Waals surface area contributed by atoms with E-state index in [0.717, 1.165) is 0 Å². The molecule has 2 rings (SSSR count). The molecule has 100 valence electrons. The molecule has 2 aromatic carbocycles. The third-order valence-corrected chi connectivity index (χ3v) is 2.91. The highest BCUT2D eigenvalue weighted by Gasteiger charge is 2.15. The molecule has 2 aromatic rings. The number of nitro benzene ring substituents is 1. The molecule has 0 atom stereocenters. The number of halogens is 1. The molecule has 0 amide bonds. The maximum atomic E-state index is 11.0. The zero-order chi connectivity index (χ0) is 14.7. The third-order valence-electron chi connectivity index (χ3n) is 2.58. The van der Waals surface area contributed by atoms with E-state index in [9.17, 15) is 10.1 Å². The fourth-order valence-corrected chi connectivity index (χ4v) is 1.81. The molecule has 7 heteroatoms. The van der Waals surface area contributed by atoms with Crippen molar-refractivity contribution in [1.29, 1.82) is 5.26 Å². The molecule has 0 bridgehead atoms. The van der Waals surface area contributed by atoms with Crippen molar-refractivity contribution < 1.29 is 4.92 Å². The Balaban J connectivity index is 2.46. The van der Waals surface area contributed by atoms with Crippen LogP contribution in [0.2, 0.25) is 5.02 Å². The van der Waals surface area contributed by atoms with Gasteiger partial charge in [0.05, 0.1) is 27.3 Å². The van der Waals surface area contributed by atoms with Crippen molar-refractivity contribution in [2.24, 2.45) is 0 Å². The maximum absolute atomic E-state index is 11.0. The Morgan fingerprint density at radius 2 is 2.00 bits per heavy atom. The van der Waals surface area contributed by atoms with Gasteiger partial charge in [0.2, 0.25) is 0 Å². The minimum atomic E-state index is -0.566. The Morgan fingerprint density at radius 1 is 1.25 bits per heavy atom. The smallest absolute Gasteiger partial charge is 0.293 e. The number of rotatable bonds is 3. The SMILES string of the molecule is N#Cc1ccc(Nc2cc(N)ccc2Cl)c([N+](=O)[O-])c1. The molecular weight excluding hydrogens is 280 g/mol.